The first-order valence-electron chi connectivity index (χ1n) is 7.75. The van der Waals surface area contributed by atoms with Gasteiger partial charge in [0.2, 0.25) is 5.95 Å². The zero-order valence-corrected chi connectivity index (χ0v) is 14.6. The van der Waals surface area contributed by atoms with Gasteiger partial charge in [-0.1, -0.05) is 11.6 Å². The number of nitrogens with one attached hydrogen (secondary N) is 1. The van der Waals surface area contributed by atoms with Crippen molar-refractivity contribution in [3.8, 4) is 0 Å². The van der Waals surface area contributed by atoms with E-state index >= 15 is 0 Å². The van der Waals surface area contributed by atoms with Gasteiger partial charge in [-0.3, -0.25) is 0 Å². The lowest BCUT2D eigenvalue weighted by molar-refractivity contribution is 0.0517. The highest BCUT2D eigenvalue weighted by Crippen LogP contribution is 2.22. The van der Waals surface area contributed by atoms with Crippen LogP contribution in [0.15, 0.2) is 6.07 Å². The van der Waals surface area contributed by atoms with Crippen LogP contribution in [-0.4, -0.2) is 41.3 Å². The zero-order chi connectivity index (χ0) is 17.0. The van der Waals surface area contributed by atoms with Gasteiger partial charge in [0.05, 0.1) is 0 Å². The van der Waals surface area contributed by atoms with Crippen LogP contribution in [0.5, 0.6) is 0 Å². The molecule has 1 aromatic rings. The Morgan fingerprint density at radius 1 is 1.43 bits per heavy atom. The predicted octanol–water partition coefficient (Wildman–Crippen LogP) is 2.45. The van der Waals surface area contributed by atoms with Crippen molar-refractivity contribution in [2.75, 3.05) is 30.3 Å². The van der Waals surface area contributed by atoms with Crippen LogP contribution < -0.4 is 16.0 Å². The Balaban J connectivity index is 1.79. The number of anilines is 2. The number of aromatic nitrogens is 2. The number of amides is 1. The molecule has 0 bridgehead atoms. The molecule has 128 valence electrons. The maximum Gasteiger partial charge on any atom is 0.407 e. The van der Waals surface area contributed by atoms with Crippen molar-refractivity contribution in [2.45, 2.75) is 39.2 Å². The lowest BCUT2D eigenvalue weighted by Crippen LogP contribution is -2.40. The molecular formula is C15H24ClN5O2. The first-order chi connectivity index (χ1) is 10.7. The van der Waals surface area contributed by atoms with Crippen LogP contribution in [0.2, 0.25) is 5.15 Å². The average Bonchev–Trinajstić information content (AvgIpc) is 2.43. The Labute approximate surface area is 141 Å². The van der Waals surface area contributed by atoms with E-state index in [-0.39, 0.29) is 6.09 Å². The summed E-state index contributed by atoms with van der Waals surface area (Å²) in [6, 6.07) is 1.53. The van der Waals surface area contributed by atoms with Crippen LogP contribution in [0, 0.1) is 5.92 Å². The van der Waals surface area contributed by atoms with Crippen LogP contribution in [0.25, 0.3) is 0 Å². The van der Waals surface area contributed by atoms with Crippen molar-refractivity contribution in [3.05, 3.63) is 11.2 Å². The van der Waals surface area contributed by atoms with Gasteiger partial charge in [-0.25, -0.2) is 9.78 Å². The number of ether oxygens (including phenoxy) is 1. The van der Waals surface area contributed by atoms with Gasteiger partial charge in [0.15, 0.2) is 0 Å². The number of carbonyl (C=O) groups is 1. The minimum absolute atomic E-state index is 0.348. The Morgan fingerprint density at radius 2 is 2.09 bits per heavy atom. The number of rotatable bonds is 3. The van der Waals surface area contributed by atoms with Crippen LogP contribution in [0.4, 0.5) is 16.6 Å². The van der Waals surface area contributed by atoms with E-state index in [4.69, 9.17) is 22.1 Å². The molecule has 1 fully saturated rings. The highest BCUT2D eigenvalue weighted by molar-refractivity contribution is 6.29. The number of carbonyl (C=O) groups excluding carboxylic acids is 1. The molecule has 1 aliphatic rings. The van der Waals surface area contributed by atoms with E-state index in [0.717, 1.165) is 25.9 Å². The van der Waals surface area contributed by atoms with Crippen LogP contribution in [0.1, 0.15) is 33.6 Å². The van der Waals surface area contributed by atoms with Gasteiger partial charge in [0.25, 0.3) is 0 Å². The third-order valence-corrected chi connectivity index (χ3v) is 3.73. The van der Waals surface area contributed by atoms with Gasteiger partial charge >= 0.3 is 6.09 Å². The number of nitrogens with zero attached hydrogens (tertiary/aromatic N) is 3. The molecule has 0 aliphatic carbocycles. The molecule has 2 heterocycles. The second kappa shape index (κ2) is 7.21. The number of halogens is 1. The average molecular weight is 342 g/mol. The fourth-order valence-electron chi connectivity index (χ4n) is 2.44. The number of hydrogen-bond donors (Lipinski definition) is 2. The van der Waals surface area contributed by atoms with Crippen molar-refractivity contribution < 1.29 is 9.53 Å². The first-order valence-corrected chi connectivity index (χ1v) is 8.12. The van der Waals surface area contributed by atoms with E-state index in [1.54, 1.807) is 0 Å². The second-order valence-corrected chi connectivity index (χ2v) is 7.12. The Morgan fingerprint density at radius 3 is 2.65 bits per heavy atom. The summed E-state index contributed by atoms with van der Waals surface area (Å²) < 4.78 is 5.24. The summed E-state index contributed by atoms with van der Waals surface area (Å²) in [5.41, 5.74) is 5.23. The van der Waals surface area contributed by atoms with Crippen LogP contribution in [0.3, 0.4) is 0 Å². The molecule has 2 rings (SSSR count). The van der Waals surface area contributed by atoms with Crippen molar-refractivity contribution in [1.29, 1.82) is 0 Å². The minimum atomic E-state index is -0.475. The van der Waals surface area contributed by atoms with E-state index in [2.05, 4.69) is 20.2 Å². The highest BCUT2D eigenvalue weighted by Gasteiger charge is 2.23. The summed E-state index contributed by atoms with van der Waals surface area (Å²) in [5.74, 6) is 1.34. The lowest BCUT2D eigenvalue weighted by atomic mass is 9.97. The third kappa shape index (κ3) is 5.74. The quantitative estimate of drug-likeness (QED) is 0.820. The minimum Gasteiger partial charge on any atom is -0.444 e. The maximum absolute atomic E-state index is 11.7. The van der Waals surface area contributed by atoms with Gasteiger partial charge in [-0.15, -0.1) is 0 Å². The molecule has 23 heavy (non-hydrogen) atoms. The summed E-state index contributed by atoms with van der Waals surface area (Å²) in [7, 11) is 0. The van der Waals surface area contributed by atoms with E-state index in [1.165, 1.54) is 6.07 Å². The molecule has 0 saturated carbocycles. The summed E-state index contributed by atoms with van der Waals surface area (Å²) in [4.78, 5) is 22.2. The van der Waals surface area contributed by atoms with Crippen molar-refractivity contribution in [2.24, 2.45) is 5.92 Å². The van der Waals surface area contributed by atoms with Crippen LogP contribution >= 0.6 is 11.6 Å². The molecule has 1 amide bonds. The molecule has 0 radical (unpaired) electrons. The molecule has 0 aromatic carbocycles. The fourth-order valence-corrected chi connectivity index (χ4v) is 2.63. The molecule has 1 aliphatic heterocycles. The molecule has 0 unspecified atom stereocenters. The van der Waals surface area contributed by atoms with Gasteiger partial charge in [-0.05, 0) is 39.5 Å². The highest BCUT2D eigenvalue weighted by atomic mass is 35.5. The summed E-state index contributed by atoms with van der Waals surface area (Å²) in [5, 5.41) is 3.18. The molecule has 8 heteroatoms. The van der Waals surface area contributed by atoms with E-state index in [0.29, 0.717) is 29.4 Å². The largest absolute Gasteiger partial charge is 0.444 e. The van der Waals surface area contributed by atoms with Gasteiger partial charge in [0.1, 0.15) is 16.6 Å². The zero-order valence-electron chi connectivity index (χ0n) is 13.8. The van der Waals surface area contributed by atoms with Gasteiger partial charge in [0, 0.05) is 25.7 Å². The SMILES string of the molecule is CC(C)(C)OC(=O)NCC1CCN(c2nc(N)cc(Cl)n2)CC1. The Bertz CT molecular complexity index is 533. The molecular weight excluding hydrogens is 318 g/mol. The normalized spacial score (nSPS) is 16.3. The molecule has 3 N–H and O–H groups in total. The Hall–Kier alpha value is -1.76. The third-order valence-electron chi connectivity index (χ3n) is 3.53. The number of hydrogen-bond acceptors (Lipinski definition) is 6. The van der Waals surface area contributed by atoms with E-state index < -0.39 is 5.60 Å². The number of piperidine rings is 1. The maximum atomic E-state index is 11.7. The summed E-state index contributed by atoms with van der Waals surface area (Å²) >= 11 is 5.92. The molecule has 0 spiro atoms. The smallest absolute Gasteiger partial charge is 0.407 e. The van der Waals surface area contributed by atoms with Gasteiger partial charge < -0.3 is 20.7 Å². The van der Waals surface area contributed by atoms with Crippen LogP contribution in [-0.2, 0) is 4.74 Å². The van der Waals surface area contributed by atoms with Gasteiger partial charge in [-0.2, -0.15) is 4.98 Å². The van der Waals surface area contributed by atoms with E-state index in [9.17, 15) is 4.79 Å². The Kier molecular flexibility index (Phi) is 5.51. The summed E-state index contributed by atoms with van der Waals surface area (Å²) in [6.45, 7) is 7.77. The lowest BCUT2D eigenvalue weighted by Gasteiger charge is -2.32. The molecule has 0 atom stereocenters. The fraction of sp³-hybridized carbons (Fsp3) is 0.667. The molecule has 7 nitrogen and oxygen atoms in total. The topological polar surface area (TPSA) is 93.4 Å². The van der Waals surface area contributed by atoms with Crippen molar-refractivity contribution in [3.63, 3.8) is 0 Å². The van der Waals surface area contributed by atoms with Crippen molar-refractivity contribution >= 4 is 29.5 Å². The number of nitrogens with two attached hydrogens (primary N) is 1. The standard InChI is InChI=1S/C15H24ClN5O2/c1-15(2,3)23-14(22)18-9-10-4-6-21(7-5-10)13-19-11(16)8-12(17)20-13/h8,10H,4-7,9H2,1-3H3,(H,18,22)(H2,17,19,20). The summed E-state index contributed by atoms with van der Waals surface area (Å²) in [6.07, 6.45) is 1.50. The molecule has 1 saturated heterocycles. The number of nitrogen functional groups attached to an aromatic ring is 1. The monoisotopic (exact) mass is 341 g/mol. The van der Waals surface area contributed by atoms with Crippen molar-refractivity contribution in [1.82, 2.24) is 15.3 Å². The molecule has 1 aromatic heterocycles. The second-order valence-electron chi connectivity index (χ2n) is 6.73. The number of alkyl carbamates (subject to hydrolysis) is 1. The first kappa shape index (κ1) is 17.6. The van der Waals surface area contributed by atoms with E-state index in [1.807, 2.05) is 20.8 Å². The predicted molar refractivity (Wildman–Crippen MR) is 90.6 cm³/mol.